The predicted molar refractivity (Wildman–Crippen MR) is 84.4 cm³/mol. The second kappa shape index (κ2) is 5.09. The molecule has 1 aromatic rings. The number of hydrogen-bond donors (Lipinski definition) is 1. The average Bonchev–Trinajstić information content (AvgIpc) is 3.13. The normalized spacial score (nSPS) is 35.5. The number of hydrogen-bond acceptors (Lipinski definition) is 4. The van der Waals surface area contributed by atoms with Crippen molar-refractivity contribution >= 4 is 29.1 Å². The van der Waals surface area contributed by atoms with E-state index in [0.29, 0.717) is 11.0 Å². The SMILES string of the molecule is C[C@]12C=C[C@@](CO)(O1)[C@H]1C(=O)N(c3cc(C(F)(F)F)ccc3Cl)C(=O)[C@@H]12. The minimum absolute atomic E-state index is 0.149. The van der Waals surface area contributed by atoms with E-state index < -0.39 is 53.2 Å². The Morgan fingerprint density at radius 3 is 2.50 bits per heavy atom. The molecule has 0 radical (unpaired) electrons. The highest BCUT2D eigenvalue weighted by Gasteiger charge is 2.72. The molecule has 0 aliphatic carbocycles. The molecule has 3 heterocycles. The van der Waals surface area contributed by atoms with E-state index in [0.717, 1.165) is 12.1 Å². The third kappa shape index (κ3) is 2.06. The van der Waals surface area contributed by atoms with Gasteiger partial charge in [-0.05, 0) is 25.1 Å². The molecule has 138 valence electrons. The summed E-state index contributed by atoms with van der Waals surface area (Å²) in [4.78, 5) is 26.6. The van der Waals surface area contributed by atoms with E-state index >= 15 is 0 Å². The van der Waals surface area contributed by atoms with Crippen LogP contribution in [0.3, 0.4) is 0 Å². The van der Waals surface area contributed by atoms with E-state index in [1.807, 2.05) is 0 Å². The molecule has 2 fully saturated rings. The Morgan fingerprint density at radius 2 is 1.88 bits per heavy atom. The number of halogens is 4. The summed E-state index contributed by atoms with van der Waals surface area (Å²) in [5.41, 5.74) is -3.80. The molecule has 4 rings (SSSR count). The Bertz CT molecular complexity index is 870. The highest BCUT2D eigenvalue weighted by molar-refractivity contribution is 6.36. The molecular weight excluding hydrogens is 375 g/mol. The molecule has 0 spiro atoms. The molecule has 0 unspecified atom stereocenters. The summed E-state index contributed by atoms with van der Waals surface area (Å²) < 4.78 is 44.8. The van der Waals surface area contributed by atoms with Crippen LogP contribution in [0.1, 0.15) is 12.5 Å². The molecule has 1 aromatic carbocycles. The van der Waals surface area contributed by atoms with Crippen LogP contribution in [0.15, 0.2) is 30.4 Å². The molecule has 4 atom stereocenters. The zero-order valence-electron chi connectivity index (χ0n) is 13.4. The second-order valence-corrected chi connectivity index (χ2v) is 7.27. The molecule has 0 aromatic heterocycles. The Balaban J connectivity index is 1.82. The van der Waals surface area contributed by atoms with Gasteiger partial charge in [-0.3, -0.25) is 9.59 Å². The van der Waals surface area contributed by atoms with Gasteiger partial charge in [-0.15, -0.1) is 0 Å². The summed E-state index contributed by atoms with van der Waals surface area (Å²) >= 11 is 6.00. The van der Waals surface area contributed by atoms with Crippen LogP contribution >= 0.6 is 11.6 Å². The number of aliphatic hydroxyl groups excluding tert-OH is 1. The van der Waals surface area contributed by atoms with Crippen molar-refractivity contribution in [2.24, 2.45) is 11.8 Å². The van der Waals surface area contributed by atoms with E-state index in [1.165, 1.54) is 6.08 Å². The lowest BCUT2D eigenvalue weighted by Crippen LogP contribution is -2.43. The van der Waals surface area contributed by atoms with Gasteiger partial charge in [-0.2, -0.15) is 13.2 Å². The fourth-order valence-corrected chi connectivity index (χ4v) is 4.34. The van der Waals surface area contributed by atoms with Gasteiger partial charge in [0.1, 0.15) is 5.60 Å². The first-order valence-corrected chi connectivity index (χ1v) is 8.18. The van der Waals surface area contributed by atoms with E-state index in [4.69, 9.17) is 16.3 Å². The van der Waals surface area contributed by atoms with Gasteiger partial charge in [0.15, 0.2) is 0 Å². The number of benzene rings is 1. The number of amides is 2. The number of carbonyl (C=O) groups is 2. The summed E-state index contributed by atoms with van der Waals surface area (Å²) in [6, 6.07) is 2.47. The second-order valence-electron chi connectivity index (χ2n) is 6.86. The lowest BCUT2D eigenvalue weighted by Gasteiger charge is -2.27. The number of nitrogens with zero attached hydrogens (tertiary/aromatic N) is 1. The van der Waals surface area contributed by atoms with E-state index in [2.05, 4.69) is 0 Å². The molecule has 2 saturated heterocycles. The van der Waals surface area contributed by atoms with Crippen LogP contribution in [-0.2, 0) is 20.5 Å². The Hall–Kier alpha value is -1.90. The first-order valence-electron chi connectivity index (χ1n) is 7.80. The van der Waals surface area contributed by atoms with Crippen molar-refractivity contribution in [3.63, 3.8) is 0 Å². The van der Waals surface area contributed by atoms with Crippen molar-refractivity contribution in [2.45, 2.75) is 24.3 Å². The van der Waals surface area contributed by atoms with E-state index in [-0.39, 0.29) is 10.7 Å². The Morgan fingerprint density at radius 1 is 1.23 bits per heavy atom. The van der Waals surface area contributed by atoms with Gasteiger partial charge in [0, 0.05) is 0 Å². The van der Waals surface area contributed by atoms with Gasteiger partial charge in [0.25, 0.3) is 0 Å². The fraction of sp³-hybridized carbons (Fsp3) is 0.412. The highest BCUT2D eigenvalue weighted by atomic mass is 35.5. The zero-order valence-corrected chi connectivity index (χ0v) is 14.1. The van der Waals surface area contributed by atoms with Gasteiger partial charge in [-0.1, -0.05) is 23.8 Å². The molecule has 5 nitrogen and oxygen atoms in total. The molecule has 3 aliphatic rings. The predicted octanol–water partition coefficient (Wildman–Crippen LogP) is 2.55. The third-order valence-corrected chi connectivity index (χ3v) is 5.64. The van der Waals surface area contributed by atoms with E-state index in [9.17, 15) is 27.9 Å². The van der Waals surface area contributed by atoms with Crippen molar-refractivity contribution in [2.75, 3.05) is 11.5 Å². The molecule has 2 amide bonds. The number of ether oxygens (including phenoxy) is 1. The fourth-order valence-electron chi connectivity index (χ4n) is 4.14. The lowest BCUT2D eigenvalue weighted by atomic mass is 9.73. The maximum Gasteiger partial charge on any atom is 0.416 e. The highest BCUT2D eigenvalue weighted by Crippen LogP contribution is 2.58. The molecule has 9 heteroatoms. The average molecular weight is 388 g/mol. The molecular formula is C17H13ClF3NO4. The van der Waals surface area contributed by atoms with Crippen LogP contribution in [0.2, 0.25) is 5.02 Å². The smallest absolute Gasteiger partial charge is 0.393 e. The van der Waals surface area contributed by atoms with Gasteiger partial charge in [0.05, 0.1) is 40.3 Å². The third-order valence-electron chi connectivity index (χ3n) is 5.32. The zero-order chi connectivity index (χ0) is 19.1. The number of anilines is 1. The summed E-state index contributed by atoms with van der Waals surface area (Å²) in [5.74, 6) is -3.37. The Kier molecular flexibility index (Phi) is 3.43. The maximum absolute atomic E-state index is 13.0. The van der Waals surface area contributed by atoms with Crippen LogP contribution in [-0.4, -0.2) is 34.7 Å². The largest absolute Gasteiger partial charge is 0.416 e. The van der Waals surface area contributed by atoms with Crippen molar-refractivity contribution in [1.82, 2.24) is 0 Å². The van der Waals surface area contributed by atoms with Crippen molar-refractivity contribution < 1.29 is 32.6 Å². The first-order chi connectivity index (χ1) is 12.0. The van der Waals surface area contributed by atoms with Gasteiger partial charge in [-0.25, -0.2) is 4.90 Å². The molecule has 0 saturated carbocycles. The molecule has 2 bridgehead atoms. The number of imide groups is 1. The summed E-state index contributed by atoms with van der Waals surface area (Å²) in [5, 5.41) is 9.59. The van der Waals surface area contributed by atoms with Gasteiger partial charge in [0.2, 0.25) is 11.8 Å². The molecule has 1 N–H and O–H groups in total. The monoisotopic (exact) mass is 387 g/mol. The minimum Gasteiger partial charge on any atom is -0.393 e. The van der Waals surface area contributed by atoms with Crippen LogP contribution in [0.25, 0.3) is 0 Å². The Labute approximate surface area is 151 Å². The quantitative estimate of drug-likeness (QED) is 0.625. The van der Waals surface area contributed by atoms with Crippen LogP contribution in [0.5, 0.6) is 0 Å². The summed E-state index contributed by atoms with van der Waals surface area (Å²) in [6.45, 7) is 1.08. The number of aliphatic hydroxyl groups is 1. The van der Waals surface area contributed by atoms with Gasteiger partial charge < -0.3 is 9.84 Å². The number of carbonyl (C=O) groups excluding carboxylic acids is 2. The van der Waals surface area contributed by atoms with Crippen molar-refractivity contribution in [3.8, 4) is 0 Å². The minimum atomic E-state index is -4.65. The lowest BCUT2D eigenvalue weighted by molar-refractivity contribution is -0.138. The maximum atomic E-state index is 13.0. The first kappa shape index (κ1) is 17.5. The molecule has 26 heavy (non-hydrogen) atoms. The van der Waals surface area contributed by atoms with Gasteiger partial charge >= 0.3 is 6.18 Å². The summed E-state index contributed by atoms with van der Waals surface area (Å²) in [7, 11) is 0. The number of fused-ring (bicyclic) bond motifs is 5. The van der Waals surface area contributed by atoms with Crippen LogP contribution < -0.4 is 4.90 Å². The summed E-state index contributed by atoms with van der Waals surface area (Å²) in [6.07, 6.45) is -1.51. The van der Waals surface area contributed by atoms with Crippen molar-refractivity contribution in [3.05, 3.63) is 40.9 Å². The van der Waals surface area contributed by atoms with Crippen LogP contribution in [0, 0.1) is 11.8 Å². The number of alkyl halides is 3. The standard InChI is InChI=1S/C17H13ClF3NO4/c1-15-4-5-16(7-23,26-15)12-11(15)13(24)22(14(12)25)10-6-8(17(19,20)21)2-3-9(10)18/h2-6,11-12,23H,7H2,1H3/t11-,12-,15-,16+/m1/s1. The van der Waals surface area contributed by atoms with Crippen LogP contribution in [0.4, 0.5) is 18.9 Å². The topological polar surface area (TPSA) is 66.8 Å². The van der Waals surface area contributed by atoms with E-state index in [1.54, 1.807) is 13.0 Å². The molecule has 3 aliphatic heterocycles. The van der Waals surface area contributed by atoms with Crippen molar-refractivity contribution in [1.29, 1.82) is 0 Å². The number of rotatable bonds is 2.